The maximum atomic E-state index is 11.8. The standard InChI is InChI=1S/C17H26N4O2S/c1-18-17(19-9-12-21-10-5-13-24(21,22)23)20-11-8-16(14-20)15-6-3-2-4-7-15/h2-4,6-7,16H,5,8-14H2,1H3,(H,18,19). The molecule has 0 bridgehead atoms. The van der Waals surface area contributed by atoms with Crippen molar-refractivity contribution in [3.63, 3.8) is 0 Å². The highest BCUT2D eigenvalue weighted by Gasteiger charge is 2.28. The Morgan fingerprint density at radius 3 is 2.75 bits per heavy atom. The minimum Gasteiger partial charge on any atom is -0.355 e. The van der Waals surface area contributed by atoms with Crippen molar-refractivity contribution in [1.29, 1.82) is 0 Å². The summed E-state index contributed by atoms with van der Waals surface area (Å²) < 4.78 is 25.2. The lowest BCUT2D eigenvalue weighted by Crippen LogP contribution is -2.43. The first-order valence-electron chi connectivity index (χ1n) is 8.58. The first kappa shape index (κ1) is 17.2. The molecular formula is C17H26N4O2S. The first-order valence-corrected chi connectivity index (χ1v) is 10.2. The van der Waals surface area contributed by atoms with Crippen LogP contribution in [-0.4, -0.2) is 69.1 Å². The summed E-state index contributed by atoms with van der Waals surface area (Å²) in [7, 11) is -1.23. The molecule has 132 valence electrons. The van der Waals surface area contributed by atoms with E-state index in [0.717, 1.165) is 31.9 Å². The molecule has 1 unspecified atom stereocenters. The molecule has 0 aliphatic carbocycles. The van der Waals surface area contributed by atoms with Gasteiger partial charge in [-0.3, -0.25) is 4.99 Å². The van der Waals surface area contributed by atoms with Crippen LogP contribution in [0.1, 0.15) is 24.3 Å². The average Bonchev–Trinajstić information content (AvgIpc) is 3.19. The summed E-state index contributed by atoms with van der Waals surface area (Å²) in [5.41, 5.74) is 1.37. The molecule has 0 radical (unpaired) electrons. The molecule has 2 heterocycles. The van der Waals surface area contributed by atoms with Gasteiger partial charge in [0.2, 0.25) is 10.0 Å². The van der Waals surface area contributed by atoms with E-state index < -0.39 is 10.0 Å². The van der Waals surface area contributed by atoms with E-state index in [1.54, 1.807) is 11.4 Å². The quantitative estimate of drug-likeness (QED) is 0.652. The van der Waals surface area contributed by atoms with Crippen molar-refractivity contribution in [2.24, 2.45) is 4.99 Å². The second-order valence-electron chi connectivity index (χ2n) is 6.38. The third kappa shape index (κ3) is 3.89. The van der Waals surface area contributed by atoms with E-state index in [1.165, 1.54) is 5.56 Å². The maximum absolute atomic E-state index is 11.8. The Hall–Kier alpha value is -1.60. The van der Waals surface area contributed by atoms with Gasteiger partial charge in [0, 0.05) is 45.7 Å². The largest absolute Gasteiger partial charge is 0.355 e. The van der Waals surface area contributed by atoms with Gasteiger partial charge in [-0.1, -0.05) is 30.3 Å². The van der Waals surface area contributed by atoms with E-state index in [2.05, 4.69) is 39.5 Å². The number of likely N-dealkylation sites (tertiary alicyclic amines) is 1. The number of sulfonamides is 1. The van der Waals surface area contributed by atoms with Crippen LogP contribution < -0.4 is 5.32 Å². The summed E-state index contributed by atoms with van der Waals surface area (Å²) in [4.78, 5) is 6.62. The van der Waals surface area contributed by atoms with E-state index in [-0.39, 0.29) is 5.75 Å². The molecule has 1 aromatic carbocycles. The number of guanidine groups is 1. The van der Waals surface area contributed by atoms with Gasteiger partial charge in [-0.15, -0.1) is 0 Å². The third-order valence-corrected chi connectivity index (χ3v) is 6.77. The zero-order valence-corrected chi connectivity index (χ0v) is 15.0. The van der Waals surface area contributed by atoms with Crippen LogP contribution >= 0.6 is 0 Å². The van der Waals surface area contributed by atoms with E-state index in [1.807, 2.05) is 6.07 Å². The molecule has 1 atom stereocenters. The number of hydrogen-bond acceptors (Lipinski definition) is 3. The lowest BCUT2D eigenvalue weighted by atomic mass is 9.99. The lowest BCUT2D eigenvalue weighted by Gasteiger charge is -2.23. The number of rotatable bonds is 4. The minimum atomic E-state index is -3.02. The molecule has 1 N–H and O–H groups in total. The predicted molar refractivity (Wildman–Crippen MR) is 96.7 cm³/mol. The summed E-state index contributed by atoms with van der Waals surface area (Å²) in [5, 5.41) is 3.32. The normalized spacial score (nSPS) is 24.5. The number of aliphatic imine (C=N–C) groups is 1. The third-order valence-electron chi connectivity index (χ3n) is 4.82. The average molecular weight is 350 g/mol. The van der Waals surface area contributed by atoms with Crippen LogP contribution in [0, 0.1) is 0 Å². The fourth-order valence-corrected chi connectivity index (χ4v) is 5.05. The van der Waals surface area contributed by atoms with E-state index in [9.17, 15) is 8.42 Å². The molecule has 0 saturated carbocycles. The highest BCUT2D eigenvalue weighted by molar-refractivity contribution is 7.89. The van der Waals surface area contributed by atoms with Crippen molar-refractivity contribution in [2.75, 3.05) is 45.5 Å². The number of nitrogens with one attached hydrogen (secondary N) is 1. The Bertz CT molecular complexity index is 675. The highest BCUT2D eigenvalue weighted by Crippen LogP contribution is 2.26. The SMILES string of the molecule is CN=C(NCCN1CCCS1(=O)=O)N1CCC(c2ccccc2)C1. The van der Waals surface area contributed by atoms with E-state index >= 15 is 0 Å². The fraction of sp³-hybridized carbons (Fsp3) is 0.588. The molecule has 0 aromatic heterocycles. The van der Waals surface area contributed by atoms with Gasteiger partial charge in [-0.05, 0) is 18.4 Å². The van der Waals surface area contributed by atoms with Crippen LogP contribution in [0.4, 0.5) is 0 Å². The molecular weight excluding hydrogens is 324 g/mol. The van der Waals surface area contributed by atoms with Gasteiger partial charge in [0.15, 0.2) is 5.96 Å². The maximum Gasteiger partial charge on any atom is 0.214 e. The Morgan fingerprint density at radius 2 is 2.08 bits per heavy atom. The summed E-state index contributed by atoms with van der Waals surface area (Å²) in [5.74, 6) is 1.68. The smallest absolute Gasteiger partial charge is 0.214 e. The van der Waals surface area contributed by atoms with Crippen molar-refractivity contribution in [1.82, 2.24) is 14.5 Å². The fourth-order valence-electron chi connectivity index (χ4n) is 3.52. The summed E-state index contributed by atoms with van der Waals surface area (Å²) >= 11 is 0. The molecule has 3 rings (SSSR count). The van der Waals surface area contributed by atoms with E-state index in [0.29, 0.717) is 25.6 Å². The van der Waals surface area contributed by atoms with Crippen molar-refractivity contribution in [2.45, 2.75) is 18.8 Å². The predicted octanol–water partition coefficient (Wildman–Crippen LogP) is 1.09. The second kappa shape index (κ2) is 7.53. The van der Waals surface area contributed by atoms with Crippen molar-refractivity contribution < 1.29 is 8.42 Å². The molecule has 2 saturated heterocycles. The Kier molecular flexibility index (Phi) is 5.40. The van der Waals surface area contributed by atoms with Gasteiger partial charge in [-0.25, -0.2) is 12.7 Å². The topological polar surface area (TPSA) is 65.0 Å². The summed E-state index contributed by atoms with van der Waals surface area (Å²) in [6.07, 6.45) is 1.85. The monoisotopic (exact) mass is 350 g/mol. The van der Waals surface area contributed by atoms with Gasteiger partial charge in [0.25, 0.3) is 0 Å². The van der Waals surface area contributed by atoms with Crippen LogP contribution in [0.5, 0.6) is 0 Å². The molecule has 7 heteroatoms. The Labute approximate surface area is 144 Å². The van der Waals surface area contributed by atoms with Crippen LogP contribution in [0.25, 0.3) is 0 Å². The van der Waals surface area contributed by atoms with Crippen LogP contribution in [0.2, 0.25) is 0 Å². The van der Waals surface area contributed by atoms with Gasteiger partial charge in [0.1, 0.15) is 0 Å². The molecule has 24 heavy (non-hydrogen) atoms. The zero-order valence-electron chi connectivity index (χ0n) is 14.2. The van der Waals surface area contributed by atoms with Gasteiger partial charge in [0.05, 0.1) is 5.75 Å². The van der Waals surface area contributed by atoms with Gasteiger partial charge >= 0.3 is 0 Å². The minimum absolute atomic E-state index is 0.284. The first-order chi connectivity index (χ1) is 11.6. The molecule has 2 aliphatic rings. The van der Waals surface area contributed by atoms with Crippen molar-refractivity contribution >= 4 is 16.0 Å². The second-order valence-corrected chi connectivity index (χ2v) is 8.47. The number of nitrogens with zero attached hydrogens (tertiary/aromatic N) is 3. The summed E-state index contributed by atoms with van der Waals surface area (Å²) in [6.45, 7) is 3.67. The Balaban J connectivity index is 1.50. The highest BCUT2D eigenvalue weighted by atomic mass is 32.2. The Morgan fingerprint density at radius 1 is 1.29 bits per heavy atom. The number of benzene rings is 1. The molecule has 0 amide bonds. The molecule has 2 fully saturated rings. The van der Waals surface area contributed by atoms with E-state index in [4.69, 9.17) is 0 Å². The lowest BCUT2D eigenvalue weighted by molar-refractivity contribution is 0.434. The van der Waals surface area contributed by atoms with Gasteiger partial charge in [-0.2, -0.15) is 0 Å². The molecule has 0 spiro atoms. The summed E-state index contributed by atoms with van der Waals surface area (Å²) in [6, 6.07) is 10.6. The van der Waals surface area contributed by atoms with Crippen molar-refractivity contribution in [3.8, 4) is 0 Å². The van der Waals surface area contributed by atoms with Crippen LogP contribution in [0.15, 0.2) is 35.3 Å². The van der Waals surface area contributed by atoms with Crippen molar-refractivity contribution in [3.05, 3.63) is 35.9 Å². The molecule has 1 aromatic rings. The molecule has 2 aliphatic heterocycles. The number of hydrogen-bond donors (Lipinski definition) is 1. The van der Waals surface area contributed by atoms with Crippen LogP contribution in [-0.2, 0) is 10.0 Å². The van der Waals surface area contributed by atoms with Gasteiger partial charge < -0.3 is 10.2 Å². The zero-order chi connectivity index (χ0) is 17.0. The molecule has 6 nitrogen and oxygen atoms in total. The van der Waals surface area contributed by atoms with Crippen LogP contribution in [0.3, 0.4) is 0 Å².